The summed E-state index contributed by atoms with van der Waals surface area (Å²) >= 11 is 0. The maximum Gasteiger partial charge on any atom is 0.131 e. The van der Waals surface area contributed by atoms with Gasteiger partial charge in [-0.25, -0.2) is 9.37 Å². The van der Waals surface area contributed by atoms with Gasteiger partial charge < -0.3 is 10.3 Å². The van der Waals surface area contributed by atoms with E-state index in [-0.39, 0.29) is 5.82 Å². The Hall–Kier alpha value is -1.84. The second-order valence-electron chi connectivity index (χ2n) is 5.14. The van der Waals surface area contributed by atoms with Crippen molar-refractivity contribution < 1.29 is 4.39 Å². The number of nitrogen functional groups attached to an aromatic ring is 1. The third-order valence-corrected chi connectivity index (χ3v) is 3.52. The lowest BCUT2D eigenvalue weighted by Gasteiger charge is -2.07. The number of hydrogen-bond donors (Lipinski definition) is 1. The summed E-state index contributed by atoms with van der Waals surface area (Å²) in [6.45, 7) is 3.00. The van der Waals surface area contributed by atoms with Crippen molar-refractivity contribution >= 4 is 5.82 Å². The van der Waals surface area contributed by atoms with Crippen LogP contribution in [0.5, 0.6) is 0 Å². The lowest BCUT2D eigenvalue weighted by Crippen LogP contribution is -2.06. The van der Waals surface area contributed by atoms with Crippen molar-refractivity contribution in [2.75, 3.05) is 5.73 Å². The number of imidazole rings is 1. The fourth-order valence-corrected chi connectivity index (χ4v) is 2.44. The van der Waals surface area contributed by atoms with E-state index in [9.17, 15) is 4.39 Å². The number of benzene rings is 1. The lowest BCUT2D eigenvalue weighted by atomic mass is 10.1. The summed E-state index contributed by atoms with van der Waals surface area (Å²) in [6.07, 6.45) is 3.38. The number of anilines is 1. The molecule has 0 amide bonds. The van der Waals surface area contributed by atoms with E-state index in [1.807, 2.05) is 6.07 Å². The first kappa shape index (κ1) is 12.2. The SMILES string of the molecule is CCCn1c(C2CC2)nc(-c2cccc(F)c2)c1N. The molecule has 2 aromatic rings. The standard InChI is InChI=1S/C15H18FN3/c1-2-8-19-14(17)13(18-15(19)10-6-7-10)11-4-3-5-12(16)9-11/h3-5,9-10H,2,6-8,17H2,1H3. The Morgan fingerprint density at radius 1 is 1.42 bits per heavy atom. The predicted molar refractivity (Wildman–Crippen MR) is 74.3 cm³/mol. The van der Waals surface area contributed by atoms with Gasteiger partial charge in [0.2, 0.25) is 0 Å². The Morgan fingerprint density at radius 2 is 2.21 bits per heavy atom. The van der Waals surface area contributed by atoms with Crippen molar-refractivity contribution in [3.8, 4) is 11.3 Å². The van der Waals surface area contributed by atoms with Crippen molar-refractivity contribution in [3.05, 3.63) is 35.9 Å². The van der Waals surface area contributed by atoms with E-state index in [2.05, 4.69) is 16.5 Å². The summed E-state index contributed by atoms with van der Waals surface area (Å²) in [5.41, 5.74) is 7.69. The second-order valence-corrected chi connectivity index (χ2v) is 5.14. The maximum atomic E-state index is 13.3. The van der Waals surface area contributed by atoms with Crippen LogP contribution in [-0.2, 0) is 6.54 Å². The fourth-order valence-electron chi connectivity index (χ4n) is 2.44. The highest BCUT2D eigenvalue weighted by Gasteiger charge is 2.30. The number of rotatable bonds is 4. The van der Waals surface area contributed by atoms with Crippen LogP contribution >= 0.6 is 0 Å². The van der Waals surface area contributed by atoms with E-state index in [0.29, 0.717) is 11.7 Å². The van der Waals surface area contributed by atoms with E-state index < -0.39 is 0 Å². The van der Waals surface area contributed by atoms with Gasteiger partial charge in [0, 0.05) is 18.0 Å². The molecule has 1 heterocycles. The molecule has 1 aromatic carbocycles. The van der Waals surface area contributed by atoms with Crippen LogP contribution in [0.25, 0.3) is 11.3 Å². The summed E-state index contributed by atoms with van der Waals surface area (Å²) in [7, 11) is 0. The minimum atomic E-state index is -0.255. The third kappa shape index (κ3) is 2.23. The second kappa shape index (κ2) is 4.68. The van der Waals surface area contributed by atoms with Crippen molar-refractivity contribution in [1.82, 2.24) is 9.55 Å². The minimum Gasteiger partial charge on any atom is -0.383 e. The van der Waals surface area contributed by atoms with Crippen molar-refractivity contribution in [2.24, 2.45) is 0 Å². The molecule has 3 rings (SSSR count). The van der Waals surface area contributed by atoms with Gasteiger partial charge >= 0.3 is 0 Å². The Morgan fingerprint density at radius 3 is 2.84 bits per heavy atom. The average molecular weight is 259 g/mol. The minimum absolute atomic E-state index is 0.255. The quantitative estimate of drug-likeness (QED) is 0.912. The van der Waals surface area contributed by atoms with Gasteiger partial charge in [0.1, 0.15) is 23.2 Å². The molecular weight excluding hydrogens is 241 g/mol. The molecule has 0 bridgehead atoms. The zero-order valence-electron chi connectivity index (χ0n) is 11.1. The van der Waals surface area contributed by atoms with Gasteiger partial charge in [-0.05, 0) is 31.4 Å². The van der Waals surface area contributed by atoms with Gasteiger partial charge in [0.05, 0.1) is 0 Å². The first-order valence-corrected chi connectivity index (χ1v) is 6.82. The number of nitrogens with zero attached hydrogens (tertiary/aromatic N) is 2. The highest BCUT2D eigenvalue weighted by Crippen LogP contribution is 2.42. The normalized spacial score (nSPS) is 14.8. The molecule has 0 unspecified atom stereocenters. The van der Waals surface area contributed by atoms with Crippen LogP contribution in [-0.4, -0.2) is 9.55 Å². The van der Waals surface area contributed by atoms with Gasteiger partial charge in [0.25, 0.3) is 0 Å². The Balaban J connectivity index is 2.08. The van der Waals surface area contributed by atoms with Crippen LogP contribution < -0.4 is 5.73 Å². The molecular formula is C15H18FN3. The Bertz CT molecular complexity index is 599. The molecule has 0 spiro atoms. The van der Waals surface area contributed by atoms with E-state index in [4.69, 9.17) is 5.73 Å². The zero-order chi connectivity index (χ0) is 13.4. The van der Waals surface area contributed by atoms with E-state index in [1.165, 1.54) is 25.0 Å². The van der Waals surface area contributed by atoms with Crippen molar-refractivity contribution in [3.63, 3.8) is 0 Å². The van der Waals surface area contributed by atoms with E-state index >= 15 is 0 Å². The Kier molecular flexibility index (Phi) is 3.01. The monoisotopic (exact) mass is 259 g/mol. The number of aromatic nitrogens is 2. The zero-order valence-corrected chi connectivity index (χ0v) is 11.1. The highest BCUT2D eigenvalue weighted by atomic mass is 19.1. The smallest absolute Gasteiger partial charge is 0.131 e. The molecule has 0 saturated heterocycles. The van der Waals surface area contributed by atoms with Gasteiger partial charge in [-0.3, -0.25) is 0 Å². The molecule has 0 aliphatic heterocycles. The molecule has 1 aliphatic rings. The summed E-state index contributed by atoms with van der Waals surface area (Å²) in [5, 5.41) is 0. The maximum absolute atomic E-state index is 13.3. The molecule has 1 fully saturated rings. The van der Waals surface area contributed by atoms with Gasteiger partial charge in [-0.15, -0.1) is 0 Å². The molecule has 1 aromatic heterocycles. The number of nitrogens with two attached hydrogens (primary N) is 1. The lowest BCUT2D eigenvalue weighted by molar-refractivity contribution is 0.628. The molecule has 19 heavy (non-hydrogen) atoms. The van der Waals surface area contributed by atoms with Crippen molar-refractivity contribution in [2.45, 2.75) is 38.6 Å². The molecule has 0 atom stereocenters. The van der Waals surface area contributed by atoms with E-state index in [1.54, 1.807) is 6.07 Å². The van der Waals surface area contributed by atoms with Crippen LogP contribution in [0.15, 0.2) is 24.3 Å². The number of hydrogen-bond acceptors (Lipinski definition) is 2. The Labute approximate surface area is 112 Å². The van der Waals surface area contributed by atoms with Crippen LogP contribution in [0.4, 0.5) is 10.2 Å². The van der Waals surface area contributed by atoms with Gasteiger partial charge in [0.15, 0.2) is 0 Å². The molecule has 100 valence electrons. The van der Waals surface area contributed by atoms with Crippen LogP contribution in [0.2, 0.25) is 0 Å². The molecule has 0 radical (unpaired) electrons. The topological polar surface area (TPSA) is 43.8 Å². The summed E-state index contributed by atoms with van der Waals surface area (Å²) in [6, 6.07) is 6.48. The molecule has 1 saturated carbocycles. The van der Waals surface area contributed by atoms with Crippen LogP contribution in [0.1, 0.15) is 37.9 Å². The molecule has 4 heteroatoms. The first-order valence-electron chi connectivity index (χ1n) is 6.82. The van der Waals surface area contributed by atoms with Gasteiger partial charge in [-0.2, -0.15) is 0 Å². The van der Waals surface area contributed by atoms with Crippen molar-refractivity contribution in [1.29, 1.82) is 0 Å². The van der Waals surface area contributed by atoms with Crippen LogP contribution in [0.3, 0.4) is 0 Å². The first-order chi connectivity index (χ1) is 9.20. The molecule has 1 aliphatic carbocycles. The third-order valence-electron chi connectivity index (χ3n) is 3.52. The number of halogens is 1. The summed E-state index contributed by atoms with van der Waals surface area (Å²) < 4.78 is 15.4. The largest absolute Gasteiger partial charge is 0.383 e. The molecule has 2 N–H and O–H groups in total. The predicted octanol–water partition coefficient (Wildman–Crippen LogP) is 3.56. The van der Waals surface area contributed by atoms with Gasteiger partial charge in [-0.1, -0.05) is 19.1 Å². The average Bonchev–Trinajstić information content (AvgIpc) is 3.17. The van der Waals surface area contributed by atoms with Crippen LogP contribution in [0, 0.1) is 5.82 Å². The molecule has 3 nitrogen and oxygen atoms in total. The summed E-state index contributed by atoms with van der Waals surface area (Å²) in [4.78, 5) is 4.67. The summed E-state index contributed by atoms with van der Waals surface area (Å²) in [5.74, 6) is 2.01. The highest BCUT2D eigenvalue weighted by molar-refractivity contribution is 5.71. The van der Waals surface area contributed by atoms with E-state index in [0.717, 1.165) is 30.0 Å². The fraction of sp³-hybridized carbons (Fsp3) is 0.400.